The normalized spacial score (nSPS) is 12.7. The van der Waals surface area contributed by atoms with Gasteiger partial charge in [0.1, 0.15) is 0 Å². The summed E-state index contributed by atoms with van der Waals surface area (Å²) in [4.78, 5) is 73.7. The van der Waals surface area contributed by atoms with Gasteiger partial charge in [-0.25, -0.2) is 0 Å². The molecule has 31 heavy (non-hydrogen) atoms. The first kappa shape index (κ1) is 29.5. The average Bonchev–Trinajstić information content (AvgIpc) is 2.59. The van der Waals surface area contributed by atoms with Gasteiger partial charge < -0.3 is 0 Å². The molecule has 0 saturated carbocycles. The van der Waals surface area contributed by atoms with Crippen LogP contribution in [0, 0.1) is 21.7 Å². The summed E-state index contributed by atoms with van der Waals surface area (Å²) in [5.74, 6) is -3.49. The number of Topliss-reactive ketones (excluding diaryl/α,β-unsaturated/α-hetero) is 4. The van der Waals surface area contributed by atoms with Crippen LogP contribution in [0.15, 0.2) is 0 Å². The quantitative estimate of drug-likeness (QED) is 0.266. The van der Waals surface area contributed by atoms with Crippen molar-refractivity contribution in [1.29, 1.82) is 0 Å². The minimum absolute atomic E-state index is 0.294. The summed E-state index contributed by atoms with van der Waals surface area (Å²) in [6.45, 7) is 15.5. The van der Waals surface area contributed by atoms with Gasteiger partial charge in [0.25, 0.3) is 0 Å². The summed E-state index contributed by atoms with van der Waals surface area (Å²) in [6, 6.07) is 0. The predicted octanol–water partition coefficient (Wildman–Crippen LogP) is 2.81. The Hall–Kier alpha value is -1.46. The van der Waals surface area contributed by atoms with Crippen LogP contribution in [0.3, 0.4) is 0 Å². The number of hydrogen-bond donors (Lipinski definition) is 0. The molecule has 0 bridgehead atoms. The number of carbonyl (C=O) groups is 6. The van der Waals surface area contributed by atoms with E-state index < -0.39 is 83.1 Å². The van der Waals surface area contributed by atoms with Gasteiger partial charge in [-0.1, -0.05) is 0 Å². The van der Waals surface area contributed by atoms with E-state index in [2.05, 4.69) is 0 Å². The molecule has 0 aliphatic rings. The molecule has 0 aliphatic carbocycles. The van der Waals surface area contributed by atoms with Crippen molar-refractivity contribution < 1.29 is 34.1 Å². The molecule has 174 valence electrons. The standard InChI is InChI=1S/2C11H18O4.Pb/c2*1-10(2,3)7(12)6-8(13)11(4,5)9(14)15;/h2*6H2,1-5H3,(H,14,15);/q;;+2/p-2. The third kappa shape index (κ3) is 8.53. The number of hydrogen-bond acceptors (Lipinski definition) is 8. The van der Waals surface area contributed by atoms with Crippen molar-refractivity contribution in [1.82, 2.24) is 0 Å². The Balaban J connectivity index is 4.91. The maximum atomic E-state index is 12.4. The third-order valence-electron chi connectivity index (χ3n) is 5.00. The van der Waals surface area contributed by atoms with E-state index in [1.165, 1.54) is 27.7 Å². The van der Waals surface area contributed by atoms with Crippen molar-refractivity contribution in [2.75, 3.05) is 0 Å². The van der Waals surface area contributed by atoms with Gasteiger partial charge in [-0.2, -0.15) is 0 Å². The van der Waals surface area contributed by atoms with Gasteiger partial charge in [0.2, 0.25) is 0 Å². The maximum absolute atomic E-state index is 12.4. The molecule has 0 aromatic rings. The minimum atomic E-state index is -2.75. The Labute approximate surface area is 197 Å². The van der Waals surface area contributed by atoms with Crippen LogP contribution in [0.5, 0.6) is 0 Å². The van der Waals surface area contributed by atoms with Gasteiger partial charge in [-0.3, -0.25) is 0 Å². The molecule has 0 aromatic carbocycles. The van der Waals surface area contributed by atoms with Crippen LogP contribution in [-0.4, -0.2) is 60.2 Å². The average molecular weight is 634 g/mol. The molecular weight excluding hydrogens is 599 g/mol. The van der Waals surface area contributed by atoms with E-state index in [0.717, 1.165) is 0 Å². The molecule has 8 nitrogen and oxygen atoms in total. The van der Waals surface area contributed by atoms with Crippen molar-refractivity contribution in [3.8, 4) is 0 Å². The molecule has 0 saturated heterocycles. The molecule has 9 heteroatoms. The fourth-order valence-electron chi connectivity index (χ4n) is 1.84. The Bertz CT molecular complexity index is 699. The molecule has 0 atom stereocenters. The van der Waals surface area contributed by atoms with Gasteiger partial charge >= 0.3 is 198 Å². The Morgan fingerprint density at radius 3 is 1.00 bits per heavy atom. The van der Waals surface area contributed by atoms with E-state index >= 15 is 0 Å². The molecular formula is C22H34O8Pb. The van der Waals surface area contributed by atoms with E-state index in [1.807, 2.05) is 0 Å². The Kier molecular flexibility index (Phi) is 9.95. The predicted molar refractivity (Wildman–Crippen MR) is 114 cm³/mol. The Morgan fingerprint density at radius 2 is 0.774 bits per heavy atom. The fraction of sp³-hybridized carbons (Fsp3) is 0.727. The first-order valence-electron chi connectivity index (χ1n) is 9.96. The van der Waals surface area contributed by atoms with Crippen molar-refractivity contribution >= 4 is 60.2 Å². The molecule has 0 aliphatic heterocycles. The molecule has 0 spiro atoms. The van der Waals surface area contributed by atoms with E-state index in [9.17, 15) is 28.8 Å². The van der Waals surface area contributed by atoms with E-state index in [-0.39, 0.29) is 11.6 Å². The third-order valence-corrected chi connectivity index (χ3v) is 7.09. The zero-order valence-electron chi connectivity index (χ0n) is 20.2. The van der Waals surface area contributed by atoms with Gasteiger partial charge in [-0.15, -0.1) is 0 Å². The second-order valence-corrected chi connectivity index (χ2v) is 12.9. The van der Waals surface area contributed by atoms with Crippen molar-refractivity contribution in [3.05, 3.63) is 0 Å². The topological polar surface area (TPSA) is 121 Å². The molecule has 0 fully saturated rings. The summed E-state index contributed by atoms with van der Waals surface area (Å²) in [5.41, 5.74) is -4.55. The van der Waals surface area contributed by atoms with E-state index in [4.69, 9.17) is 5.37 Å². The van der Waals surface area contributed by atoms with Crippen LogP contribution >= 0.6 is 0 Å². The van der Waals surface area contributed by atoms with E-state index in [1.54, 1.807) is 41.5 Å². The van der Waals surface area contributed by atoms with Crippen molar-refractivity contribution in [2.45, 2.75) is 82.1 Å². The second kappa shape index (κ2) is 10.4. The first-order valence-corrected chi connectivity index (χ1v) is 13.1. The summed E-state index contributed by atoms with van der Waals surface area (Å²) in [5, 5.41) is 0. The van der Waals surface area contributed by atoms with Crippen LogP contribution in [0.25, 0.3) is 0 Å². The summed E-state index contributed by atoms with van der Waals surface area (Å²) >= 11 is -2.75. The fourth-order valence-corrected chi connectivity index (χ4v) is 4.58. The second-order valence-electron chi connectivity index (χ2n) is 10.7. The van der Waals surface area contributed by atoms with Crippen LogP contribution in [0.2, 0.25) is 0 Å². The number of rotatable bonds is 10. The molecule has 0 rings (SSSR count). The van der Waals surface area contributed by atoms with Gasteiger partial charge in [-0.05, 0) is 0 Å². The monoisotopic (exact) mass is 634 g/mol. The van der Waals surface area contributed by atoms with Crippen LogP contribution in [0.4, 0.5) is 0 Å². The van der Waals surface area contributed by atoms with Crippen molar-refractivity contribution in [2.24, 2.45) is 21.7 Å². The number of carbonyl (C=O) groups excluding carboxylic acids is 6. The summed E-state index contributed by atoms with van der Waals surface area (Å²) < 4.78 is 10.2. The van der Waals surface area contributed by atoms with Gasteiger partial charge in [0, 0.05) is 0 Å². The molecule has 0 heterocycles. The first-order chi connectivity index (χ1) is 13.6. The van der Waals surface area contributed by atoms with Crippen LogP contribution in [-0.2, 0) is 34.1 Å². The molecule has 0 N–H and O–H groups in total. The zero-order chi connectivity index (χ0) is 25.0. The molecule has 0 aromatic heterocycles. The summed E-state index contributed by atoms with van der Waals surface area (Å²) in [7, 11) is 0. The van der Waals surface area contributed by atoms with Gasteiger partial charge in [0.15, 0.2) is 0 Å². The SMILES string of the molecule is CC(C)(C)C(=O)CC(=O)C(C)(C)C(=O)[O][Pb][O]C(=O)C(C)(C)C(=O)CC(=O)C(C)(C)C. The van der Waals surface area contributed by atoms with Gasteiger partial charge in [0.05, 0.1) is 0 Å². The van der Waals surface area contributed by atoms with Crippen LogP contribution in [0.1, 0.15) is 82.1 Å². The van der Waals surface area contributed by atoms with E-state index in [0.29, 0.717) is 0 Å². The van der Waals surface area contributed by atoms with Crippen molar-refractivity contribution in [3.63, 3.8) is 0 Å². The molecule has 0 amide bonds. The summed E-state index contributed by atoms with van der Waals surface area (Å²) in [6.07, 6.45) is -0.801. The van der Waals surface area contributed by atoms with Crippen LogP contribution < -0.4 is 0 Å². The number of ketones is 4. The zero-order valence-corrected chi connectivity index (χ0v) is 24.1. The Morgan fingerprint density at radius 1 is 0.516 bits per heavy atom. The molecule has 2 radical (unpaired) electrons. The molecule has 0 unspecified atom stereocenters.